The summed E-state index contributed by atoms with van der Waals surface area (Å²) in [7, 11) is 1.26. The fraction of sp³-hybridized carbons (Fsp3) is 0.0556. The van der Waals surface area contributed by atoms with Crippen LogP contribution in [0.15, 0.2) is 56.1 Å². The number of benzene rings is 2. The number of hydrogen-bond acceptors (Lipinski definition) is 5. The lowest BCUT2D eigenvalue weighted by atomic mass is 10.1. The summed E-state index contributed by atoms with van der Waals surface area (Å²) in [6.07, 6.45) is 1.22. The van der Waals surface area contributed by atoms with E-state index < -0.39 is 11.9 Å². The van der Waals surface area contributed by atoms with Crippen molar-refractivity contribution in [2.45, 2.75) is 0 Å². The molecule has 0 radical (unpaired) electrons. The number of ether oxygens (including phenoxy) is 1. The van der Waals surface area contributed by atoms with Gasteiger partial charge in [0.2, 0.25) is 0 Å². The van der Waals surface area contributed by atoms with E-state index >= 15 is 0 Å². The first-order valence-corrected chi connectivity index (χ1v) is 9.46. The zero-order valence-electron chi connectivity index (χ0n) is 13.8. The Labute approximate surface area is 176 Å². The molecule has 0 aliphatic heterocycles. The van der Waals surface area contributed by atoms with Gasteiger partial charge in [-0.15, -0.1) is 0 Å². The quantitative estimate of drug-likeness (QED) is 0.461. The normalized spacial score (nSPS) is 10.5. The maximum absolute atomic E-state index is 12.8. The van der Waals surface area contributed by atoms with E-state index in [9.17, 15) is 9.59 Å². The molecule has 0 saturated heterocycles. The number of nitrogens with zero attached hydrogens (tertiary/aromatic N) is 1. The summed E-state index contributed by atoms with van der Waals surface area (Å²) in [6, 6.07) is 10.2. The number of methoxy groups -OCH3 is 1. The van der Waals surface area contributed by atoms with Crippen molar-refractivity contribution < 1.29 is 18.8 Å². The second kappa shape index (κ2) is 8.24. The first kappa shape index (κ1) is 19.6. The van der Waals surface area contributed by atoms with Gasteiger partial charge in [0.15, 0.2) is 0 Å². The van der Waals surface area contributed by atoms with E-state index in [4.69, 9.17) is 20.9 Å². The molecule has 27 heavy (non-hydrogen) atoms. The van der Waals surface area contributed by atoms with Crippen molar-refractivity contribution >= 4 is 61.0 Å². The maximum Gasteiger partial charge on any atom is 0.340 e. The summed E-state index contributed by atoms with van der Waals surface area (Å²) in [4.78, 5) is 24.9. The van der Waals surface area contributed by atoms with Crippen LogP contribution in [0.1, 0.15) is 20.7 Å². The molecule has 1 aromatic heterocycles. The van der Waals surface area contributed by atoms with Crippen LogP contribution >= 0.6 is 43.5 Å². The summed E-state index contributed by atoms with van der Waals surface area (Å²) >= 11 is 12.9. The van der Waals surface area contributed by atoms with E-state index in [1.165, 1.54) is 13.4 Å². The lowest BCUT2D eigenvalue weighted by molar-refractivity contribution is 0.0602. The van der Waals surface area contributed by atoms with Gasteiger partial charge in [-0.1, -0.05) is 50.9 Å². The molecule has 0 fully saturated rings. The topological polar surface area (TPSA) is 81.4 Å². The largest absolute Gasteiger partial charge is 0.465 e. The number of esters is 1. The average Bonchev–Trinajstić information content (AvgIpc) is 3.13. The summed E-state index contributed by atoms with van der Waals surface area (Å²) < 4.78 is 10.9. The van der Waals surface area contributed by atoms with E-state index in [-0.39, 0.29) is 16.8 Å². The predicted octanol–water partition coefficient (Wildman–Crippen LogP) is 5.56. The van der Waals surface area contributed by atoms with Crippen molar-refractivity contribution in [3.63, 3.8) is 0 Å². The highest BCUT2D eigenvalue weighted by Crippen LogP contribution is 2.33. The van der Waals surface area contributed by atoms with Gasteiger partial charge >= 0.3 is 5.97 Å². The van der Waals surface area contributed by atoms with Crippen LogP contribution < -0.4 is 5.32 Å². The average molecular weight is 515 g/mol. The highest BCUT2D eigenvalue weighted by molar-refractivity contribution is 9.11. The molecule has 2 aromatic carbocycles. The molecule has 3 rings (SSSR count). The van der Waals surface area contributed by atoms with Gasteiger partial charge in [-0.3, -0.25) is 4.79 Å². The van der Waals surface area contributed by atoms with Gasteiger partial charge in [-0.25, -0.2) is 4.79 Å². The van der Waals surface area contributed by atoms with Crippen LogP contribution in [0.25, 0.3) is 11.3 Å². The Kier molecular flexibility index (Phi) is 5.98. The number of halogens is 3. The van der Waals surface area contributed by atoms with Gasteiger partial charge in [0.1, 0.15) is 17.5 Å². The number of amides is 1. The second-order valence-electron chi connectivity index (χ2n) is 5.31. The molecule has 9 heteroatoms. The predicted molar refractivity (Wildman–Crippen MR) is 108 cm³/mol. The molecule has 0 unspecified atom stereocenters. The minimum atomic E-state index is -0.594. The highest BCUT2D eigenvalue weighted by Gasteiger charge is 2.23. The fourth-order valence-corrected chi connectivity index (χ4v) is 3.95. The van der Waals surface area contributed by atoms with Gasteiger partial charge in [0.05, 0.1) is 23.4 Å². The third kappa shape index (κ3) is 4.07. The molecule has 1 amide bonds. The highest BCUT2D eigenvalue weighted by atomic mass is 79.9. The van der Waals surface area contributed by atoms with Crippen LogP contribution in [0.4, 0.5) is 5.69 Å². The minimum Gasteiger partial charge on any atom is -0.465 e. The lowest BCUT2D eigenvalue weighted by Crippen LogP contribution is -2.16. The smallest absolute Gasteiger partial charge is 0.340 e. The number of nitrogens with one attached hydrogen (secondary N) is 1. The Morgan fingerprint density at radius 1 is 1.19 bits per heavy atom. The van der Waals surface area contributed by atoms with E-state index in [0.29, 0.717) is 25.2 Å². The van der Waals surface area contributed by atoms with Crippen molar-refractivity contribution in [1.82, 2.24) is 5.16 Å². The van der Waals surface area contributed by atoms with Crippen LogP contribution in [-0.2, 0) is 4.74 Å². The molecular weight excluding hydrogens is 503 g/mol. The number of hydrogen-bond donors (Lipinski definition) is 1. The Morgan fingerprint density at radius 3 is 2.63 bits per heavy atom. The number of rotatable bonds is 4. The Balaban J connectivity index is 2.00. The summed E-state index contributed by atoms with van der Waals surface area (Å²) in [5.74, 6) is -1.11. The summed E-state index contributed by atoms with van der Waals surface area (Å²) in [5, 5.41) is 7.02. The molecule has 0 bridgehead atoms. The molecule has 1 heterocycles. The van der Waals surface area contributed by atoms with Crippen molar-refractivity contribution in [2.75, 3.05) is 12.4 Å². The molecule has 138 valence electrons. The number of carbonyl (C=O) groups is 2. The van der Waals surface area contributed by atoms with E-state index in [2.05, 4.69) is 42.3 Å². The fourth-order valence-electron chi connectivity index (χ4n) is 2.40. The van der Waals surface area contributed by atoms with Crippen LogP contribution in [0.3, 0.4) is 0 Å². The van der Waals surface area contributed by atoms with E-state index in [1.807, 2.05) is 0 Å². The van der Waals surface area contributed by atoms with Gasteiger partial charge < -0.3 is 14.6 Å². The van der Waals surface area contributed by atoms with Crippen LogP contribution in [0.5, 0.6) is 0 Å². The molecule has 0 aliphatic carbocycles. The molecule has 0 saturated carbocycles. The Hall–Kier alpha value is -2.16. The third-order valence-corrected chi connectivity index (χ3v) is 5.05. The summed E-state index contributed by atoms with van der Waals surface area (Å²) in [6.45, 7) is 0. The Bertz CT molecular complexity index is 1040. The number of carbonyl (C=O) groups excluding carboxylic acids is 2. The molecule has 0 atom stereocenters. The molecule has 6 nitrogen and oxygen atoms in total. The van der Waals surface area contributed by atoms with Gasteiger partial charge in [0.25, 0.3) is 5.91 Å². The van der Waals surface area contributed by atoms with Crippen molar-refractivity contribution in [2.24, 2.45) is 0 Å². The number of anilines is 1. The molecule has 0 aliphatic rings. The summed E-state index contributed by atoms with van der Waals surface area (Å²) in [5.41, 5.74) is 1.48. The Morgan fingerprint density at radius 2 is 1.93 bits per heavy atom. The zero-order valence-corrected chi connectivity index (χ0v) is 17.7. The van der Waals surface area contributed by atoms with Crippen molar-refractivity contribution in [1.29, 1.82) is 0 Å². The van der Waals surface area contributed by atoms with E-state index in [0.717, 1.165) is 0 Å². The van der Waals surface area contributed by atoms with Crippen molar-refractivity contribution in [3.05, 3.63) is 67.8 Å². The first-order valence-electron chi connectivity index (χ1n) is 7.50. The maximum atomic E-state index is 12.8. The first-order chi connectivity index (χ1) is 12.9. The lowest BCUT2D eigenvalue weighted by Gasteiger charge is -2.12. The standard InChI is InChI=1S/C18H11Br2ClN2O4/c1-26-18(25)11-6-9(19)7-13(20)16(11)22-17(24)12-8-27-23-15(12)10-4-2-3-5-14(10)21/h2-8H,1H3,(H,22,24). The van der Waals surface area contributed by atoms with Crippen LogP contribution in [0, 0.1) is 0 Å². The van der Waals surface area contributed by atoms with Gasteiger partial charge in [0, 0.05) is 14.5 Å². The zero-order chi connectivity index (χ0) is 19.6. The number of aromatic nitrogens is 1. The molecular formula is C18H11Br2ClN2O4. The molecule has 0 spiro atoms. The van der Waals surface area contributed by atoms with Gasteiger partial charge in [-0.2, -0.15) is 0 Å². The second-order valence-corrected chi connectivity index (χ2v) is 7.49. The molecule has 3 aromatic rings. The van der Waals surface area contributed by atoms with Gasteiger partial charge in [-0.05, 0) is 34.1 Å². The minimum absolute atomic E-state index is 0.175. The van der Waals surface area contributed by atoms with Crippen LogP contribution in [0.2, 0.25) is 5.02 Å². The SMILES string of the molecule is COC(=O)c1cc(Br)cc(Br)c1NC(=O)c1conc1-c1ccccc1Cl. The van der Waals surface area contributed by atoms with Crippen LogP contribution in [-0.4, -0.2) is 24.1 Å². The third-order valence-electron chi connectivity index (χ3n) is 3.64. The van der Waals surface area contributed by atoms with Crippen molar-refractivity contribution in [3.8, 4) is 11.3 Å². The molecule has 1 N–H and O–H groups in total. The van der Waals surface area contributed by atoms with E-state index in [1.54, 1.807) is 36.4 Å². The monoisotopic (exact) mass is 512 g/mol.